The predicted molar refractivity (Wildman–Crippen MR) is 84.5 cm³/mol. The minimum absolute atomic E-state index is 0.367. The first-order valence-corrected chi connectivity index (χ1v) is 8.47. The zero-order valence-corrected chi connectivity index (χ0v) is 13.5. The number of piperidine rings is 1. The van der Waals surface area contributed by atoms with E-state index in [-0.39, 0.29) is 0 Å². The van der Waals surface area contributed by atoms with E-state index in [4.69, 9.17) is 10.5 Å². The maximum absolute atomic E-state index is 12.5. The van der Waals surface area contributed by atoms with Gasteiger partial charge in [0, 0.05) is 19.2 Å². The van der Waals surface area contributed by atoms with Crippen molar-refractivity contribution in [3.63, 3.8) is 0 Å². The second-order valence-corrected chi connectivity index (χ2v) is 7.50. The Labute approximate surface area is 126 Å². The molecule has 1 aliphatic heterocycles. The number of nitrogens with two attached hydrogens (primary N) is 1. The van der Waals surface area contributed by atoms with Crippen molar-refractivity contribution in [3.8, 4) is 5.75 Å². The monoisotopic (exact) mass is 313 g/mol. The Kier molecular flexibility index (Phi) is 4.63. The van der Waals surface area contributed by atoms with E-state index in [2.05, 4.69) is 18.6 Å². The van der Waals surface area contributed by atoms with Gasteiger partial charge in [-0.2, -0.15) is 12.7 Å². The van der Waals surface area contributed by atoms with Crippen LogP contribution in [0.15, 0.2) is 18.2 Å². The molecule has 1 aromatic carbocycles. The lowest BCUT2D eigenvalue weighted by molar-refractivity contribution is 0.223. The summed E-state index contributed by atoms with van der Waals surface area (Å²) in [6.45, 7) is 5.24. The molecule has 1 saturated heterocycles. The molecule has 0 aliphatic carbocycles. The Morgan fingerprint density at radius 1 is 1.29 bits per heavy atom. The first-order valence-electron chi connectivity index (χ1n) is 7.03. The van der Waals surface area contributed by atoms with Gasteiger partial charge in [0.1, 0.15) is 5.75 Å². The largest absolute Gasteiger partial charge is 0.495 e. The number of ether oxygens (including phenoxy) is 1. The summed E-state index contributed by atoms with van der Waals surface area (Å²) < 4.78 is 34.2. The van der Waals surface area contributed by atoms with E-state index < -0.39 is 10.2 Å². The van der Waals surface area contributed by atoms with Gasteiger partial charge in [-0.05, 0) is 30.4 Å². The summed E-state index contributed by atoms with van der Waals surface area (Å²) in [5, 5.41) is 0. The lowest BCUT2D eigenvalue weighted by Crippen LogP contribution is -2.45. The molecule has 21 heavy (non-hydrogen) atoms. The SMILES string of the molecule is COc1cc(NS(=O)(=O)N2CC(C)CC(C)C2)ccc1N. The molecule has 1 heterocycles. The molecule has 0 saturated carbocycles. The second-order valence-electron chi connectivity index (χ2n) is 5.83. The summed E-state index contributed by atoms with van der Waals surface area (Å²) in [5.41, 5.74) is 6.65. The van der Waals surface area contributed by atoms with E-state index in [0.717, 1.165) is 6.42 Å². The molecule has 0 bridgehead atoms. The highest BCUT2D eigenvalue weighted by Crippen LogP contribution is 2.28. The van der Waals surface area contributed by atoms with Crippen molar-refractivity contribution in [3.05, 3.63) is 18.2 Å². The Morgan fingerprint density at radius 3 is 2.48 bits per heavy atom. The van der Waals surface area contributed by atoms with E-state index >= 15 is 0 Å². The minimum atomic E-state index is -3.55. The van der Waals surface area contributed by atoms with Crippen LogP contribution in [0, 0.1) is 11.8 Å². The van der Waals surface area contributed by atoms with Gasteiger partial charge in [-0.25, -0.2) is 0 Å². The summed E-state index contributed by atoms with van der Waals surface area (Å²) in [6, 6.07) is 4.84. The number of benzene rings is 1. The van der Waals surface area contributed by atoms with Crippen molar-refractivity contribution < 1.29 is 13.2 Å². The zero-order chi connectivity index (χ0) is 15.6. The average molecular weight is 313 g/mol. The first kappa shape index (κ1) is 15.9. The quantitative estimate of drug-likeness (QED) is 0.832. The molecule has 3 N–H and O–H groups in total. The number of rotatable bonds is 4. The van der Waals surface area contributed by atoms with Crippen molar-refractivity contribution >= 4 is 21.6 Å². The van der Waals surface area contributed by atoms with Gasteiger partial charge in [0.15, 0.2) is 0 Å². The van der Waals surface area contributed by atoms with Crippen LogP contribution in [-0.2, 0) is 10.2 Å². The van der Waals surface area contributed by atoms with Crippen LogP contribution in [0.3, 0.4) is 0 Å². The molecule has 1 aromatic rings. The summed E-state index contributed by atoms with van der Waals surface area (Å²) in [6.07, 6.45) is 1.06. The Balaban J connectivity index is 2.17. The molecule has 1 aliphatic rings. The van der Waals surface area contributed by atoms with Gasteiger partial charge in [-0.15, -0.1) is 0 Å². The number of anilines is 2. The highest BCUT2D eigenvalue weighted by atomic mass is 32.2. The van der Waals surface area contributed by atoms with Crippen LogP contribution in [0.4, 0.5) is 11.4 Å². The van der Waals surface area contributed by atoms with Crippen molar-refractivity contribution in [1.82, 2.24) is 4.31 Å². The summed E-state index contributed by atoms with van der Waals surface area (Å²) in [5.74, 6) is 1.19. The van der Waals surface area contributed by atoms with E-state index in [1.807, 2.05) is 0 Å². The molecular weight excluding hydrogens is 290 g/mol. The summed E-state index contributed by atoms with van der Waals surface area (Å²) >= 11 is 0. The number of hydrogen-bond acceptors (Lipinski definition) is 4. The van der Waals surface area contributed by atoms with Crippen LogP contribution < -0.4 is 15.2 Å². The molecule has 6 nitrogen and oxygen atoms in total. The Bertz CT molecular complexity index is 593. The fourth-order valence-corrected chi connectivity index (χ4v) is 4.25. The molecule has 0 aromatic heterocycles. The van der Waals surface area contributed by atoms with Gasteiger partial charge >= 0.3 is 10.2 Å². The smallest absolute Gasteiger partial charge is 0.301 e. The molecule has 7 heteroatoms. The van der Waals surface area contributed by atoms with Crippen LogP contribution >= 0.6 is 0 Å². The predicted octanol–water partition coefficient (Wildman–Crippen LogP) is 1.91. The number of nitrogens with zero attached hydrogens (tertiary/aromatic N) is 1. The molecular formula is C14H23N3O3S. The van der Waals surface area contributed by atoms with Crippen LogP contribution in [0.5, 0.6) is 5.75 Å². The number of nitrogen functional groups attached to an aromatic ring is 1. The third-order valence-electron chi connectivity index (χ3n) is 3.66. The van der Waals surface area contributed by atoms with E-state index in [1.165, 1.54) is 11.4 Å². The zero-order valence-electron chi connectivity index (χ0n) is 12.7. The standard InChI is InChI=1S/C14H23N3O3S/c1-10-6-11(2)9-17(8-10)21(18,19)16-12-4-5-13(15)14(7-12)20-3/h4-5,7,10-11,16H,6,8-9,15H2,1-3H3. The fraction of sp³-hybridized carbons (Fsp3) is 0.571. The van der Waals surface area contributed by atoms with Gasteiger partial charge in [-0.1, -0.05) is 13.8 Å². The van der Waals surface area contributed by atoms with E-state index in [0.29, 0.717) is 42.0 Å². The summed E-state index contributed by atoms with van der Waals surface area (Å²) in [4.78, 5) is 0. The third-order valence-corrected chi connectivity index (χ3v) is 5.13. The molecule has 2 atom stereocenters. The van der Waals surface area contributed by atoms with E-state index in [9.17, 15) is 8.42 Å². The Morgan fingerprint density at radius 2 is 1.90 bits per heavy atom. The topological polar surface area (TPSA) is 84.7 Å². The van der Waals surface area contributed by atoms with Crippen molar-refractivity contribution in [2.45, 2.75) is 20.3 Å². The maximum atomic E-state index is 12.5. The molecule has 2 rings (SSSR count). The van der Waals surface area contributed by atoms with Crippen LogP contribution in [0.2, 0.25) is 0 Å². The van der Waals surface area contributed by atoms with Crippen LogP contribution in [-0.4, -0.2) is 32.9 Å². The van der Waals surface area contributed by atoms with Crippen LogP contribution in [0.25, 0.3) is 0 Å². The number of nitrogens with one attached hydrogen (secondary N) is 1. The fourth-order valence-electron chi connectivity index (χ4n) is 2.79. The molecule has 0 amide bonds. The number of hydrogen-bond donors (Lipinski definition) is 2. The highest BCUT2D eigenvalue weighted by Gasteiger charge is 2.30. The summed E-state index contributed by atoms with van der Waals surface area (Å²) in [7, 11) is -2.06. The lowest BCUT2D eigenvalue weighted by Gasteiger charge is -2.34. The Hall–Kier alpha value is -1.47. The minimum Gasteiger partial charge on any atom is -0.495 e. The molecule has 0 spiro atoms. The van der Waals surface area contributed by atoms with Crippen LogP contribution in [0.1, 0.15) is 20.3 Å². The lowest BCUT2D eigenvalue weighted by atomic mass is 9.94. The van der Waals surface area contributed by atoms with Gasteiger partial charge in [0.05, 0.1) is 18.5 Å². The normalized spacial score (nSPS) is 23.8. The first-order chi connectivity index (χ1) is 9.81. The number of methoxy groups -OCH3 is 1. The molecule has 118 valence electrons. The third kappa shape index (κ3) is 3.79. The highest BCUT2D eigenvalue weighted by molar-refractivity contribution is 7.90. The molecule has 2 unspecified atom stereocenters. The van der Waals surface area contributed by atoms with Crippen molar-refractivity contribution in [2.24, 2.45) is 11.8 Å². The maximum Gasteiger partial charge on any atom is 0.301 e. The van der Waals surface area contributed by atoms with Crippen molar-refractivity contribution in [1.29, 1.82) is 0 Å². The van der Waals surface area contributed by atoms with Gasteiger partial charge in [-0.3, -0.25) is 4.72 Å². The van der Waals surface area contributed by atoms with Gasteiger partial charge in [0.25, 0.3) is 0 Å². The average Bonchev–Trinajstić information content (AvgIpc) is 2.39. The van der Waals surface area contributed by atoms with Gasteiger partial charge < -0.3 is 10.5 Å². The second kappa shape index (κ2) is 6.11. The van der Waals surface area contributed by atoms with Gasteiger partial charge in [0.2, 0.25) is 0 Å². The molecule has 1 fully saturated rings. The molecule has 0 radical (unpaired) electrons. The van der Waals surface area contributed by atoms with E-state index in [1.54, 1.807) is 18.2 Å². The van der Waals surface area contributed by atoms with Crippen molar-refractivity contribution in [2.75, 3.05) is 30.7 Å².